The van der Waals surface area contributed by atoms with E-state index < -0.39 is 0 Å². The second-order valence-corrected chi connectivity index (χ2v) is 7.07. The van der Waals surface area contributed by atoms with Crippen molar-refractivity contribution in [3.63, 3.8) is 0 Å². The lowest BCUT2D eigenvalue weighted by atomic mass is 9.98. The maximum Gasteiger partial charge on any atom is 0.281 e. The lowest BCUT2D eigenvalue weighted by molar-refractivity contribution is -0.135. The molecule has 1 heterocycles. The lowest BCUT2D eigenvalue weighted by Gasteiger charge is -2.22. The number of amides is 1. The Morgan fingerprint density at radius 1 is 1.03 bits per heavy atom. The van der Waals surface area contributed by atoms with Crippen LogP contribution in [0.2, 0.25) is 0 Å². The quantitative estimate of drug-likeness (QED) is 0.605. The molecule has 0 bridgehead atoms. The maximum atomic E-state index is 13.0. The van der Waals surface area contributed by atoms with Gasteiger partial charge in [-0.25, -0.2) is 5.01 Å². The Kier molecular flexibility index (Phi) is 5.95. The molecule has 1 atom stereocenters. The van der Waals surface area contributed by atoms with Gasteiger partial charge < -0.3 is 9.47 Å². The summed E-state index contributed by atoms with van der Waals surface area (Å²) in [6.07, 6.45) is 0.610. The fourth-order valence-electron chi connectivity index (χ4n) is 3.47. The van der Waals surface area contributed by atoms with Crippen LogP contribution in [0.5, 0.6) is 11.5 Å². The van der Waals surface area contributed by atoms with Gasteiger partial charge in [-0.05, 0) is 47.5 Å². The van der Waals surface area contributed by atoms with Gasteiger partial charge in [-0.1, -0.05) is 42.5 Å². The number of ether oxygens (including phenoxy) is 2. The minimum atomic E-state index is -0.240. The Hall–Kier alpha value is -4.11. The molecule has 0 saturated carbocycles. The first kappa shape index (κ1) is 20.2. The number of hydrazone groups is 1. The molecule has 3 aromatic carbocycles. The summed E-state index contributed by atoms with van der Waals surface area (Å²) in [6, 6.07) is 26.0. The molecule has 0 aromatic heterocycles. The summed E-state index contributed by atoms with van der Waals surface area (Å²) in [4.78, 5) is 13.0. The SMILES string of the molecule is COc1ccc([C@H]2CC(c3ccccc3)=NN2C(=O)COc2ccc(C#N)cc2)cc1. The van der Waals surface area contributed by atoms with E-state index in [1.807, 2.05) is 54.6 Å². The van der Waals surface area contributed by atoms with Crippen LogP contribution in [0.15, 0.2) is 84.0 Å². The first-order chi connectivity index (χ1) is 15.2. The van der Waals surface area contributed by atoms with Gasteiger partial charge >= 0.3 is 0 Å². The molecule has 1 aliphatic rings. The fourth-order valence-corrected chi connectivity index (χ4v) is 3.47. The van der Waals surface area contributed by atoms with E-state index in [1.54, 1.807) is 31.4 Å². The number of hydrogen-bond donors (Lipinski definition) is 0. The van der Waals surface area contributed by atoms with Crippen molar-refractivity contribution in [1.82, 2.24) is 5.01 Å². The minimum absolute atomic E-state index is 0.149. The van der Waals surface area contributed by atoms with Crippen LogP contribution < -0.4 is 9.47 Å². The van der Waals surface area contributed by atoms with Crippen molar-refractivity contribution in [3.05, 3.63) is 95.6 Å². The van der Waals surface area contributed by atoms with E-state index in [1.165, 1.54) is 5.01 Å². The van der Waals surface area contributed by atoms with Crippen LogP contribution >= 0.6 is 0 Å². The zero-order valence-corrected chi connectivity index (χ0v) is 17.1. The molecule has 0 N–H and O–H groups in total. The molecular formula is C25H21N3O3. The van der Waals surface area contributed by atoms with Crippen LogP contribution in [-0.2, 0) is 4.79 Å². The standard InChI is InChI=1S/C25H21N3O3/c1-30-21-13-9-20(10-14-21)24-15-23(19-5-3-2-4-6-19)27-28(24)25(29)17-31-22-11-7-18(16-26)8-12-22/h2-14,24H,15,17H2,1H3/t24-/m1/s1. The topological polar surface area (TPSA) is 74.9 Å². The van der Waals surface area contributed by atoms with Crippen molar-refractivity contribution in [1.29, 1.82) is 5.26 Å². The predicted octanol–water partition coefficient (Wildman–Crippen LogP) is 4.32. The largest absolute Gasteiger partial charge is 0.497 e. The maximum absolute atomic E-state index is 13.0. The average Bonchev–Trinajstić information content (AvgIpc) is 3.29. The van der Waals surface area contributed by atoms with Crippen LogP contribution in [0.1, 0.15) is 29.2 Å². The van der Waals surface area contributed by atoms with E-state index in [0.29, 0.717) is 17.7 Å². The summed E-state index contributed by atoms with van der Waals surface area (Å²) in [5, 5.41) is 15.1. The molecule has 1 aliphatic heterocycles. The molecule has 31 heavy (non-hydrogen) atoms. The molecule has 6 heteroatoms. The van der Waals surface area contributed by atoms with E-state index in [9.17, 15) is 4.79 Å². The Bertz CT molecular complexity index is 1120. The smallest absolute Gasteiger partial charge is 0.281 e. The third-order valence-corrected chi connectivity index (χ3v) is 5.12. The van der Waals surface area contributed by atoms with Gasteiger partial charge in [0, 0.05) is 6.42 Å². The van der Waals surface area contributed by atoms with Crippen molar-refractivity contribution in [2.24, 2.45) is 5.10 Å². The Morgan fingerprint density at radius 3 is 2.35 bits per heavy atom. The molecule has 0 spiro atoms. The molecule has 1 amide bonds. The highest BCUT2D eigenvalue weighted by molar-refractivity contribution is 6.03. The number of carbonyl (C=O) groups excluding carboxylic acids is 1. The van der Waals surface area contributed by atoms with Crippen LogP contribution in [0, 0.1) is 11.3 Å². The third-order valence-electron chi connectivity index (χ3n) is 5.12. The number of carbonyl (C=O) groups is 1. The van der Waals surface area contributed by atoms with Crippen molar-refractivity contribution in [2.75, 3.05) is 13.7 Å². The van der Waals surface area contributed by atoms with E-state index in [-0.39, 0.29) is 18.6 Å². The molecule has 6 nitrogen and oxygen atoms in total. The number of nitriles is 1. The van der Waals surface area contributed by atoms with Crippen molar-refractivity contribution < 1.29 is 14.3 Å². The summed E-state index contributed by atoms with van der Waals surface area (Å²) in [6.45, 7) is -0.149. The zero-order chi connectivity index (χ0) is 21.6. The van der Waals surface area contributed by atoms with Gasteiger partial charge in [-0.2, -0.15) is 10.4 Å². The first-order valence-corrected chi connectivity index (χ1v) is 9.90. The van der Waals surface area contributed by atoms with Gasteiger partial charge in [0.2, 0.25) is 0 Å². The Balaban J connectivity index is 1.55. The average molecular weight is 411 g/mol. The molecule has 0 radical (unpaired) electrons. The Labute approximate surface area is 181 Å². The van der Waals surface area contributed by atoms with E-state index in [4.69, 9.17) is 14.7 Å². The van der Waals surface area contributed by atoms with Gasteiger partial charge in [0.25, 0.3) is 5.91 Å². The summed E-state index contributed by atoms with van der Waals surface area (Å²) < 4.78 is 10.9. The van der Waals surface area contributed by atoms with Crippen LogP contribution in [0.4, 0.5) is 0 Å². The van der Waals surface area contributed by atoms with Gasteiger partial charge in [-0.15, -0.1) is 0 Å². The molecule has 154 valence electrons. The van der Waals surface area contributed by atoms with Crippen molar-refractivity contribution in [3.8, 4) is 17.6 Å². The molecule has 0 saturated heterocycles. The van der Waals surface area contributed by atoms with Crippen LogP contribution in [-0.4, -0.2) is 30.3 Å². The normalized spacial score (nSPS) is 15.2. The van der Waals surface area contributed by atoms with Crippen molar-refractivity contribution >= 4 is 11.6 Å². The highest BCUT2D eigenvalue weighted by Crippen LogP contribution is 2.33. The van der Waals surface area contributed by atoms with Crippen LogP contribution in [0.3, 0.4) is 0 Å². The van der Waals surface area contributed by atoms with Gasteiger partial charge in [0.05, 0.1) is 30.5 Å². The minimum Gasteiger partial charge on any atom is -0.497 e. The van der Waals surface area contributed by atoms with Gasteiger partial charge in [0.1, 0.15) is 11.5 Å². The summed E-state index contributed by atoms with van der Waals surface area (Å²) >= 11 is 0. The molecule has 0 fully saturated rings. The number of hydrogen-bond acceptors (Lipinski definition) is 5. The third kappa shape index (κ3) is 4.57. The molecule has 0 unspecified atom stereocenters. The highest BCUT2D eigenvalue weighted by Gasteiger charge is 2.33. The monoisotopic (exact) mass is 411 g/mol. The number of benzene rings is 3. The van der Waals surface area contributed by atoms with E-state index in [2.05, 4.69) is 11.2 Å². The lowest BCUT2D eigenvalue weighted by Crippen LogP contribution is -2.31. The van der Waals surface area contributed by atoms with Gasteiger partial charge in [0.15, 0.2) is 6.61 Å². The van der Waals surface area contributed by atoms with E-state index in [0.717, 1.165) is 22.6 Å². The fraction of sp³-hybridized carbons (Fsp3) is 0.160. The second-order valence-electron chi connectivity index (χ2n) is 7.07. The van der Waals surface area contributed by atoms with Crippen LogP contribution in [0.25, 0.3) is 0 Å². The van der Waals surface area contributed by atoms with Crippen molar-refractivity contribution in [2.45, 2.75) is 12.5 Å². The zero-order valence-electron chi connectivity index (χ0n) is 17.1. The number of rotatable bonds is 6. The Morgan fingerprint density at radius 2 is 1.71 bits per heavy atom. The molecule has 0 aliphatic carbocycles. The van der Waals surface area contributed by atoms with E-state index >= 15 is 0 Å². The number of nitrogens with zero attached hydrogens (tertiary/aromatic N) is 3. The molecule has 3 aromatic rings. The highest BCUT2D eigenvalue weighted by atomic mass is 16.5. The van der Waals surface area contributed by atoms with Gasteiger partial charge in [-0.3, -0.25) is 4.79 Å². The predicted molar refractivity (Wildman–Crippen MR) is 117 cm³/mol. The summed E-state index contributed by atoms with van der Waals surface area (Å²) in [7, 11) is 1.62. The molecule has 4 rings (SSSR count). The number of methoxy groups -OCH3 is 1. The first-order valence-electron chi connectivity index (χ1n) is 9.90. The molecular weight excluding hydrogens is 390 g/mol. The second kappa shape index (κ2) is 9.14. The summed E-state index contributed by atoms with van der Waals surface area (Å²) in [5.74, 6) is 1.05. The summed E-state index contributed by atoms with van der Waals surface area (Å²) in [5.41, 5.74) is 3.36.